The lowest BCUT2D eigenvalue weighted by atomic mass is 10.2. The zero-order valence-corrected chi connectivity index (χ0v) is 19.6. The highest BCUT2D eigenvalue weighted by atomic mass is 127. The second-order valence-corrected chi connectivity index (χ2v) is 7.44. The van der Waals surface area contributed by atoms with Crippen LogP contribution in [0.25, 0.3) is 5.69 Å². The molecule has 6 nitrogen and oxygen atoms in total. The Hall–Kier alpha value is -1.94. The summed E-state index contributed by atoms with van der Waals surface area (Å²) in [4.78, 5) is 9.32. The molecule has 28 heavy (non-hydrogen) atoms. The molecule has 150 valence electrons. The summed E-state index contributed by atoms with van der Waals surface area (Å²) < 4.78 is 1.87. The number of nitrogens with one attached hydrogen (secondary N) is 2. The molecule has 0 aliphatic rings. The maximum absolute atomic E-state index is 4.67. The van der Waals surface area contributed by atoms with Crippen LogP contribution in [0, 0.1) is 0 Å². The molecule has 0 fully saturated rings. The molecular formula is C20H27IN6S. The lowest BCUT2D eigenvalue weighted by Crippen LogP contribution is -2.36. The molecule has 0 atom stereocenters. The Kier molecular flexibility index (Phi) is 8.91. The maximum Gasteiger partial charge on any atom is 0.191 e. The average molecular weight is 510 g/mol. The van der Waals surface area contributed by atoms with Gasteiger partial charge in [-0.3, -0.25) is 0 Å². The second-order valence-electron chi connectivity index (χ2n) is 6.50. The lowest BCUT2D eigenvalue weighted by Gasteiger charge is -2.09. The number of rotatable bonds is 7. The molecule has 0 amide bonds. The smallest absolute Gasteiger partial charge is 0.191 e. The fraction of sp³-hybridized carbons (Fsp3) is 0.350. The molecule has 0 spiro atoms. The van der Waals surface area contributed by atoms with E-state index in [1.165, 1.54) is 0 Å². The first-order valence-corrected chi connectivity index (χ1v) is 10.1. The molecule has 0 bridgehead atoms. The fourth-order valence-electron chi connectivity index (χ4n) is 2.51. The number of aromatic nitrogens is 3. The van der Waals surface area contributed by atoms with Gasteiger partial charge in [0.25, 0.3) is 0 Å². The minimum absolute atomic E-state index is 0. The Morgan fingerprint density at radius 2 is 2.00 bits per heavy atom. The van der Waals surface area contributed by atoms with Crippen LogP contribution in [0.5, 0.6) is 0 Å². The topological polar surface area (TPSA) is 67.1 Å². The Morgan fingerprint density at radius 1 is 1.21 bits per heavy atom. The summed E-state index contributed by atoms with van der Waals surface area (Å²) in [6, 6.07) is 10.1. The minimum atomic E-state index is 0. The van der Waals surface area contributed by atoms with Gasteiger partial charge in [-0.1, -0.05) is 32.0 Å². The van der Waals surface area contributed by atoms with Crippen LogP contribution in [-0.4, -0.2) is 27.3 Å². The summed E-state index contributed by atoms with van der Waals surface area (Å²) in [6.45, 7) is 8.43. The van der Waals surface area contributed by atoms with Crippen molar-refractivity contribution in [1.29, 1.82) is 0 Å². The van der Waals surface area contributed by atoms with Crippen LogP contribution in [-0.2, 0) is 13.1 Å². The van der Waals surface area contributed by atoms with Crippen molar-refractivity contribution in [2.75, 3.05) is 6.54 Å². The number of hydrogen-bond acceptors (Lipinski definition) is 4. The first-order chi connectivity index (χ1) is 13.2. The number of guanidine groups is 1. The van der Waals surface area contributed by atoms with Gasteiger partial charge in [0.2, 0.25) is 0 Å². The third-order valence-corrected chi connectivity index (χ3v) is 4.86. The van der Waals surface area contributed by atoms with E-state index >= 15 is 0 Å². The molecule has 0 unspecified atom stereocenters. The predicted molar refractivity (Wildman–Crippen MR) is 127 cm³/mol. The van der Waals surface area contributed by atoms with Crippen molar-refractivity contribution in [1.82, 2.24) is 25.4 Å². The molecule has 0 aliphatic carbocycles. The van der Waals surface area contributed by atoms with Crippen molar-refractivity contribution >= 4 is 41.3 Å². The number of halogens is 1. The molecule has 2 heterocycles. The number of thiazole rings is 1. The van der Waals surface area contributed by atoms with Crippen molar-refractivity contribution in [3.8, 4) is 5.69 Å². The van der Waals surface area contributed by atoms with E-state index in [0.29, 0.717) is 19.0 Å². The van der Waals surface area contributed by atoms with Gasteiger partial charge in [0, 0.05) is 23.7 Å². The highest BCUT2D eigenvalue weighted by molar-refractivity contribution is 14.0. The van der Waals surface area contributed by atoms with E-state index < -0.39 is 0 Å². The van der Waals surface area contributed by atoms with Gasteiger partial charge < -0.3 is 10.6 Å². The van der Waals surface area contributed by atoms with Crippen LogP contribution in [0.15, 0.2) is 53.1 Å². The zero-order valence-electron chi connectivity index (χ0n) is 16.4. The summed E-state index contributed by atoms with van der Waals surface area (Å²) in [6.07, 6.45) is 3.87. The number of aliphatic imine (C=N–C) groups is 1. The maximum atomic E-state index is 4.67. The van der Waals surface area contributed by atoms with E-state index in [9.17, 15) is 0 Å². The van der Waals surface area contributed by atoms with Crippen molar-refractivity contribution in [3.05, 3.63) is 64.4 Å². The first kappa shape index (κ1) is 22.4. The second kappa shape index (κ2) is 11.2. The quantitative estimate of drug-likeness (QED) is 0.282. The summed E-state index contributed by atoms with van der Waals surface area (Å²) in [5, 5.41) is 14.3. The summed E-state index contributed by atoms with van der Waals surface area (Å²) in [5.41, 5.74) is 3.25. The van der Waals surface area contributed by atoms with E-state index in [0.717, 1.165) is 34.5 Å². The van der Waals surface area contributed by atoms with Crippen molar-refractivity contribution < 1.29 is 0 Å². The van der Waals surface area contributed by atoms with E-state index in [4.69, 9.17) is 0 Å². The van der Waals surface area contributed by atoms with Gasteiger partial charge in [0.1, 0.15) is 5.01 Å². The van der Waals surface area contributed by atoms with Crippen LogP contribution in [0.1, 0.15) is 43.0 Å². The number of hydrogen-bond donors (Lipinski definition) is 2. The van der Waals surface area contributed by atoms with Crippen molar-refractivity contribution in [3.63, 3.8) is 0 Å². The monoisotopic (exact) mass is 510 g/mol. The molecule has 0 aliphatic heterocycles. The molecular weight excluding hydrogens is 483 g/mol. The Morgan fingerprint density at radius 3 is 2.68 bits per heavy atom. The predicted octanol–water partition coefficient (Wildman–Crippen LogP) is 4.33. The normalized spacial score (nSPS) is 11.4. The lowest BCUT2D eigenvalue weighted by molar-refractivity contribution is 0.788. The van der Waals surface area contributed by atoms with Crippen LogP contribution in [0.3, 0.4) is 0 Å². The molecule has 3 rings (SSSR count). The van der Waals surface area contributed by atoms with Crippen LogP contribution in [0.2, 0.25) is 0 Å². The van der Waals surface area contributed by atoms with Gasteiger partial charge in [-0.05, 0) is 25.0 Å². The summed E-state index contributed by atoms with van der Waals surface area (Å²) >= 11 is 1.68. The SMILES string of the molecule is CCNC(=NCc1cnn(-c2ccccc2)c1)NCc1nc(C(C)C)cs1.I. The number of benzene rings is 1. The number of para-hydroxylation sites is 1. The van der Waals surface area contributed by atoms with Crippen LogP contribution in [0.4, 0.5) is 0 Å². The summed E-state index contributed by atoms with van der Waals surface area (Å²) in [7, 11) is 0. The van der Waals surface area contributed by atoms with Crippen molar-refractivity contribution in [2.45, 2.75) is 39.8 Å². The van der Waals surface area contributed by atoms with Gasteiger partial charge in [-0.25, -0.2) is 14.7 Å². The number of nitrogens with zero attached hydrogens (tertiary/aromatic N) is 4. The molecule has 8 heteroatoms. The minimum Gasteiger partial charge on any atom is -0.357 e. The van der Waals surface area contributed by atoms with Crippen LogP contribution < -0.4 is 10.6 Å². The van der Waals surface area contributed by atoms with Crippen LogP contribution >= 0.6 is 35.3 Å². The molecule has 2 aromatic heterocycles. The molecule has 0 saturated carbocycles. The largest absolute Gasteiger partial charge is 0.357 e. The van der Waals surface area contributed by atoms with Gasteiger partial charge in [-0.2, -0.15) is 5.10 Å². The Labute approximate surface area is 187 Å². The zero-order chi connectivity index (χ0) is 19.1. The van der Waals surface area contributed by atoms with E-state index in [1.54, 1.807) is 11.3 Å². The van der Waals surface area contributed by atoms with E-state index in [-0.39, 0.29) is 24.0 Å². The van der Waals surface area contributed by atoms with E-state index in [1.807, 2.05) is 47.4 Å². The van der Waals surface area contributed by atoms with Gasteiger partial charge in [0.15, 0.2) is 5.96 Å². The standard InChI is InChI=1S/C20H26N6S.HI/c1-4-21-20(23-12-19-25-18(14-27-19)15(2)3)22-10-16-11-24-26(13-16)17-8-6-5-7-9-17;/h5-9,11,13-15H,4,10,12H2,1-3H3,(H2,21,22,23);1H. The third-order valence-electron chi connectivity index (χ3n) is 3.99. The molecule has 0 radical (unpaired) electrons. The third kappa shape index (κ3) is 6.30. The summed E-state index contributed by atoms with van der Waals surface area (Å²) in [5.74, 6) is 1.24. The highest BCUT2D eigenvalue weighted by Gasteiger charge is 2.07. The molecule has 2 N–H and O–H groups in total. The van der Waals surface area contributed by atoms with Gasteiger partial charge >= 0.3 is 0 Å². The van der Waals surface area contributed by atoms with Gasteiger partial charge in [0.05, 0.1) is 30.7 Å². The first-order valence-electron chi connectivity index (χ1n) is 9.21. The van der Waals surface area contributed by atoms with Crippen molar-refractivity contribution in [2.24, 2.45) is 4.99 Å². The average Bonchev–Trinajstić information content (AvgIpc) is 3.34. The molecule has 0 saturated heterocycles. The fourth-order valence-corrected chi connectivity index (χ4v) is 3.40. The van der Waals surface area contributed by atoms with Gasteiger partial charge in [-0.15, -0.1) is 35.3 Å². The Balaban J connectivity index is 0.00000280. The molecule has 1 aromatic carbocycles. The Bertz CT molecular complexity index is 872. The molecule has 3 aromatic rings. The highest BCUT2D eigenvalue weighted by Crippen LogP contribution is 2.17. The van der Waals surface area contributed by atoms with E-state index in [2.05, 4.69) is 51.9 Å².